The molecule has 0 saturated carbocycles. The highest BCUT2D eigenvalue weighted by atomic mass is 35.5. The second-order valence-corrected chi connectivity index (χ2v) is 5.00. The van der Waals surface area contributed by atoms with E-state index >= 15 is 0 Å². The second-order valence-electron chi connectivity index (χ2n) is 4.59. The first kappa shape index (κ1) is 14.7. The fraction of sp³-hybridized carbons (Fsp3) is 0.385. The quantitative estimate of drug-likeness (QED) is 0.855. The molecule has 1 heterocycles. The number of piperidine rings is 1. The van der Waals surface area contributed by atoms with Crippen molar-refractivity contribution in [3.05, 3.63) is 34.4 Å². The van der Waals surface area contributed by atoms with Crippen LogP contribution in [0.1, 0.15) is 29.6 Å². The number of carboxylic acid groups (broad SMARTS) is 1. The summed E-state index contributed by atoms with van der Waals surface area (Å²) in [4.78, 5) is 24.6. The standard InChI is InChI=1S/C13H12ClF2NO3/c14-8-6-10(16)9(15)5-7(8)12(18)17-4-2-1-3-11(17)13(19)20/h5-6,11H,1-4H2,(H,19,20). The third kappa shape index (κ3) is 2.75. The molecule has 1 amide bonds. The van der Waals surface area contributed by atoms with Crippen LogP contribution in [0.25, 0.3) is 0 Å². The Morgan fingerprint density at radius 2 is 1.90 bits per heavy atom. The van der Waals surface area contributed by atoms with E-state index < -0.39 is 29.6 Å². The molecule has 1 aromatic rings. The number of carboxylic acids is 1. The topological polar surface area (TPSA) is 57.6 Å². The minimum atomic E-state index is -1.19. The van der Waals surface area contributed by atoms with Crippen LogP contribution in [0.3, 0.4) is 0 Å². The van der Waals surface area contributed by atoms with Crippen LogP contribution in [0.5, 0.6) is 0 Å². The molecule has 108 valence electrons. The molecular weight excluding hydrogens is 292 g/mol. The summed E-state index contributed by atoms with van der Waals surface area (Å²) in [6, 6.07) is 0.456. The molecule has 1 aliphatic rings. The predicted octanol–water partition coefficient (Wildman–Crippen LogP) is 2.70. The van der Waals surface area contributed by atoms with E-state index in [0.717, 1.165) is 4.90 Å². The summed E-state index contributed by atoms with van der Waals surface area (Å²) in [6.07, 6.45) is 1.70. The highest BCUT2D eigenvalue weighted by Gasteiger charge is 2.33. The van der Waals surface area contributed by atoms with Gasteiger partial charge in [-0.05, 0) is 31.4 Å². The zero-order valence-corrected chi connectivity index (χ0v) is 11.2. The van der Waals surface area contributed by atoms with Crippen molar-refractivity contribution in [3.8, 4) is 0 Å². The van der Waals surface area contributed by atoms with Crippen LogP contribution >= 0.6 is 11.6 Å². The maximum atomic E-state index is 13.2. The third-order valence-corrected chi connectivity index (χ3v) is 3.60. The number of hydrogen-bond acceptors (Lipinski definition) is 2. The maximum absolute atomic E-state index is 13.2. The number of halogens is 3. The van der Waals surface area contributed by atoms with Gasteiger partial charge in [-0.25, -0.2) is 13.6 Å². The first-order valence-electron chi connectivity index (χ1n) is 6.10. The van der Waals surface area contributed by atoms with Gasteiger partial charge in [-0.2, -0.15) is 0 Å². The van der Waals surface area contributed by atoms with Crippen LogP contribution in [-0.4, -0.2) is 34.5 Å². The minimum absolute atomic E-state index is 0.223. The van der Waals surface area contributed by atoms with E-state index in [4.69, 9.17) is 16.7 Å². The molecule has 4 nitrogen and oxygen atoms in total. The number of benzene rings is 1. The van der Waals surface area contributed by atoms with Gasteiger partial charge < -0.3 is 10.0 Å². The molecule has 1 saturated heterocycles. The Morgan fingerprint density at radius 3 is 2.55 bits per heavy atom. The largest absolute Gasteiger partial charge is 0.480 e. The van der Waals surface area contributed by atoms with E-state index in [0.29, 0.717) is 31.4 Å². The van der Waals surface area contributed by atoms with Crippen LogP contribution in [-0.2, 0) is 4.79 Å². The van der Waals surface area contributed by atoms with Crippen molar-refractivity contribution in [2.24, 2.45) is 0 Å². The smallest absolute Gasteiger partial charge is 0.326 e. The number of aliphatic carboxylic acids is 1. The van der Waals surface area contributed by atoms with Crippen molar-refractivity contribution in [1.82, 2.24) is 4.90 Å². The van der Waals surface area contributed by atoms with Crippen LogP contribution < -0.4 is 0 Å². The molecule has 1 N–H and O–H groups in total. The molecular formula is C13H12ClF2NO3. The van der Waals surface area contributed by atoms with E-state index in [1.54, 1.807) is 0 Å². The summed E-state index contributed by atoms with van der Waals surface area (Å²) >= 11 is 5.74. The van der Waals surface area contributed by atoms with E-state index in [1.165, 1.54) is 0 Å². The molecule has 1 aliphatic heterocycles. The molecule has 1 aromatic carbocycles. The third-order valence-electron chi connectivity index (χ3n) is 3.29. The highest BCUT2D eigenvalue weighted by Crippen LogP contribution is 2.25. The molecule has 2 rings (SSSR count). The van der Waals surface area contributed by atoms with Gasteiger partial charge in [-0.15, -0.1) is 0 Å². The van der Waals surface area contributed by atoms with Crippen LogP contribution in [0.2, 0.25) is 5.02 Å². The molecule has 1 atom stereocenters. The number of carbonyl (C=O) groups is 2. The molecule has 1 fully saturated rings. The zero-order chi connectivity index (χ0) is 14.9. The monoisotopic (exact) mass is 303 g/mol. The summed E-state index contributed by atoms with van der Waals surface area (Å²) in [5.74, 6) is -4.15. The molecule has 7 heteroatoms. The lowest BCUT2D eigenvalue weighted by molar-refractivity contribution is -0.143. The lowest BCUT2D eigenvalue weighted by atomic mass is 10.0. The van der Waals surface area contributed by atoms with Gasteiger partial charge in [0.25, 0.3) is 5.91 Å². The fourth-order valence-electron chi connectivity index (χ4n) is 2.27. The fourth-order valence-corrected chi connectivity index (χ4v) is 2.50. The Bertz CT molecular complexity index is 565. The van der Waals surface area contributed by atoms with Gasteiger partial charge >= 0.3 is 5.97 Å². The Hall–Kier alpha value is -1.69. The first-order valence-corrected chi connectivity index (χ1v) is 6.48. The van der Waals surface area contributed by atoms with Crippen LogP contribution in [0, 0.1) is 11.6 Å². The van der Waals surface area contributed by atoms with E-state index in [9.17, 15) is 18.4 Å². The number of amides is 1. The summed E-state index contributed by atoms with van der Waals surface area (Å²) in [5, 5.41) is 8.88. The van der Waals surface area contributed by atoms with Gasteiger partial charge in [0.2, 0.25) is 0 Å². The SMILES string of the molecule is O=C(O)C1CCCCN1C(=O)c1cc(F)c(F)cc1Cl. The van der Waals surface area contributed by atoms with Gasteiger partial charge in [0.15, 0.2) is 11.6 Å². The normalized spacial score (nSPS) is 18.9. The van der Waals surface area contributed by atoms with Crippen molar-refractivity contribution >= 4 is 23.5 Å². The average molecular weight is 304 g/mol. The number of carbonyl (C=O) groups excluding carboxylic acids is 1. The van der Waals surface area contributed by atoms with Crippen molar-refractivity contribution < 1.29 is 23.5 Å². The van der Waals surface area contributed by atoms with Gasteiger partial charge in [-0.1, -0.05) is 11.6 Å². The minimum Gasteiger partial charge on any atom is -0.480 e. The Morgan fingerprint density at radius 1 is 1.25 bits per heavy atom. The van der Waals surface area contributed by atoms with Gasteiger partial charge in [0, 0.05) is 6.54 Å². The van der Waals surface area contributed by atoms with E-state index in [2.05, 4.69) is 0 Å². The van der Waals surface area contributed by atoms with Gasteiger partial charge in [0.1, 0.15) is 6.04 Å². The zero-order valence-electron chi connectivity index (χ0n) is 10.4. The number of hydrogen-bond donors (Lipinski definition) is 1. The summed E-state index contributed by atoms with van der Waals surface area (Å²) in [5.41, 5.74) is -0.223. The first-order chi connectivity index (χ1) is 9.41. The molecule has 0 aromatic heterocycles. The Labute approximate surface area is 118 Å². The van der Waals surface area contributed by atoms with Crippen molar-refractivity contribution in [3.63, 3.8) is 0 Å². The average Bonchev–Trinajstić information content (AvgIpc) is 2.42. The maximum Gasteiger partial charge on any atom is 0.326 e. The summed E-state index contributed by atoms with van der Waals surface area (Å²) < 4.78 is 26.2. The second kappa shape index (κ2) is 5.75. The summed E-state index contributed by atoms with van der Waals surface area (Å²) in [7, 11) is 0. The van der Waals surface area contributed by atoms with Crippen molar-refractivity contribution in [2.45, 2.75) is 25.3 Å². The van der Waals surface area contributed by atoms with E-state index in [1.807, 2.05) is 0 Å². The Kier molecular flexibility index (Phi) is 4.23. The number of rotatable bonds is 2. The highest BCUT2D eigenvalue weighted by molar-refractivity contribution is 6.33. The van der Waals surface area contributed by atoms with E-state index in [-0.39, 0.29) is 17.1 Å². The van der Waals surface area contributed by atoms with Crippen molar-refractivity contribution in [1.29, 1.82) is 0 Å². The molecule has 20 heavy (non-hydrogen) atoms. The molecule has 0 bridgehead atoms. The number of nitrogens with zero attached hydrogens (tertiary/aromatic N) is 1. The lowest BCUT2D eigenvalue weighted by Crippen LogP contribution is -2.48. The van der Waals surface area contributed by atoms with Crippen molar-refractivity contribution in [2.75, 3.05) is 6.54 Å². The predicted molar refractivity (Wildman–Crippen MR) is 67.7 cm³/mol. The molecule has 0 aliphatic carbocycles. The van der Waals surface area contributed by atoms with Crippen LogP contribution in [0.4, 0.5) is 8.78 Å². The molecule has 1 unspecified atom stereocenters. The molecule has 0 radical (unpaired) electrons. The van der Waals surface area contributed by atoms with Gasteiger partial charge in [0.05, 0.1) is 10.6 Å². The Balaban J connectivity index is 2.34. The van der Waals surface area contributed by atoms with Crippen LogP contribution in [0.15, 0.2) is 12.1 Å². The molecule has 0 spiro atoms. The summed E-state index contributed by atoms with van der Waals surface area (Å²) in [6.45, 7) is 0.255. The van der Waals surface area contributed by atoms with Gasteiger partial charge in [-0.3, -0.25) is 4.79 Å². The number of likely N-dealkylation sites (tertiary alicyclic amines) is 1. The lowest BCUT2D eigenvalue weighted by Gasteiger charge is -2.33.